The summed E-state index contributed by atoms with van der Waals surface area (Å²) in [4.78, 5) is 0.139. The minimum Gasteiger partial charge on any atom is -0.495 e. The van der Waals surface area contributed by atoms with Crippen LogP contribution in [0.4, 0.5) is 0 Å². The SMILES string of the molecule is CCN(CCO)S(=O)(=O)c1cc(C)ccc1OC. The summed E-state index contributed by atoms with van der Waals surface area (Å²) in [5.41, 5.74) is 0.842. The Morgan fingerprint density at radius 3 is 2.56 bits per heavy atom. The van der Waals surface area contributed by atoms with Crippen LogP contribution in [0.15, 0.2) is 23.1 Å². The first-order chi connectivity index (χ1) is 8.47. The first kappa shape index (κ1) is 14.9. The van der Waals surface area contributed by atoms with Crippen molar-refractivity contribution in [1.29, 1.82) is 0 Å². The zero-order chi connectivity index (χ0) is 13.8. The van der Waals surface area contributed by atoms with E-state index in [0.717, 1.165) is 5.56 Å². The third kappa shape index (κ3) is 3.01. The molecular formula is C12H19NO4S. The van der Waals surface area contributed by atoms with E-state index in [2.05, 4.69) is 0 Å². The number of benzene rings is 1. The number of aliphatic hydroxyl groups is 1. The van der Waals surface area contributed by atoms with Crippen LogP contribution in [0.25, 0.3) is 0 Å². The molecule has 1 aromatic rings. The van der Waals surface area contributed by atoms with Gasteiger partial charge in [0.2, 0.25) is 10.0 Å². The molecule has 0 radical (unpaired) electrons. The quantitative estimate of drug-likeness (QED) is 0.840. The van der Waals surface area contributed by atoms with Crippen molar-refractivity contribution >= 4 is 10.0 Å². The van der Waals surface area contributed by atoms with Crippen molar-refractivity contribution in [2.45, 2.75) is 18.7 Å². The number of hydrogen-bond donors (Lipinski definition) is 1. The van der Waals surface area contributed by atoms with Gasteiger partial charge >= 0.3 is 0 Å². The molecule has 0 aromatic heterocycles. The Hall–Kier alpha value is -1.11. The summed E-state index contributed by atoms with van der Waals surface area (Å²) in [5.74, 6) is 0.317. The molecule has 0 bridgehead atoms. The second-order valence-electron chi connectivity index (χ2n) is 3.87. The second kappa shape index (κ2) is 6.17. The number of nitrogens with zero attached hydrogens (tertiary/aromatic N) is 1. The lowest BCUT2D eigenvalue weighted by Gasteiger charge is -2.21. The fourth-order valence-corrected chi connectivity index (χ4v) is 3.36. The van der Waals surface area contributed by atoms with Crippen molar-refractivity contribution in [3.63, 3.8) is 0 Å². The van der Waals surface area contributed by atoms with Crippen LogP contribution in [0.5, 0.6) is 5.75 Å². The summed E-state index contributed by atoms with van der Waals surface area (Å²) in [7, 11) is -2.19. The standard InChI is InChI=1S/C12H19NO4S/c1-4-13(7-8-14)18(15,16)12-9-10(2)5-6-11(12)17-3/h5-6,9,14H,4,7-8H2,1-3H3. The predicted molar refractivity (Wildman–Crippen MR) is 69.2 cm³/mol. The van der Waals surface area contributed by atoms with Gasteiger partial charge in [0.15, 0.2) is 0 Å². The fraction of sp³-hybridized carbons (Fsp3) is 0.500. The summed E-state index contributed by atoms with van der Waals surface area (Å²) in [6, 6.07) is 5.00. The van der Waals surface area contributed by atoms with E-state index < -0.39 is 10.0 Å². The molecule has 0 amide bonds. The number of rotatable bonds is 6. The lowest BCUT2D eigenvalue weighted by molar-refractivity contribution is 0.256. The lowest BCUT2D eigenvalue weighted by Crippen LogP contribution is -2.33. The first-order valence-corrected chi connectivity index (χ1v) is 7.17. The van der Waals surface area contributed by atoms with Crippen molar-refractivity contribution in [3.05, 3.63) is 23.8 Å². The van der Waals surface area contributed by atoms with Gasteiger partial charge in [-0.3, -0.25) is 0 Å². The minimum atomic E-state index is -3.63. The van der Waals surface area contributed by atoms with Crippen LogP contribution < -0.4 is 4.74 Å². The molecule has 102 valence electrons. The Bertz CT molecular complexity index is 499. The van der Waals surface area contributed by atoms with Gasteiger partial charge in [-0.2, -0.15) is 4.31 Å². The van der Waals surface area contributed by atoms with Crippen LogP contribution in [0, 0.1) is 6.92 Å². The summed E-state index contributed by atoms with van der Waals surface area (Å²) < 4.78 is 31.2. The Balaban J connectivity index is 3.30. The molecule has 0 atom stereocenters. The maximum Gasteiger partial charge on any atom is 0.246 e. The Morgan fingerprint density at radius 1 is 1.39 bits per heavy atom. The minimum absolute atomic E-state index is 0.0793. The molecule has 5 nitrogen and oxygen atoms in total. The fourth-order valence-electron chi connectivity index (χ4n) is 1.68. The van der Waals surface area contributed by atoms with Crippen molar-refractivity contribution in [2.75, 3.05) is 26.8 Å². The van der Waals surface area contributed by atoms with Crippen molar-refractivity contribution in [2.24, 2.45) is 0 Å². The smallest absolute Gasteiger partial charge is 0.246 e. The van der Waals surface area contributed by atoms with E-state index >= 15 is 0 Å². The third-order valence-electron chi connectivity index (χ3n) is 2.64. The van der Waals surface area contributed by atoms with Gasteiger partial charge in [-0.05, 0) is 24.6 Å². The molecule has 0 aliphatic rings. The molecule has 0 unspecified atom stereocenters. The van der Waals surface area contributed by atoms with Crippen LogP contribution in [0.3, 0.4) is 0 Å². The van der Waals surface area contributed by atoms with Crippen LogP contribution in [-0.4, -0.2) is 44.6 Å². The molecule has 0 saturated heterocycles. The molecule has 0 heterocycles. The monoisotopic (exact) mass is 273 g/mol. The molecular weight excluding hydrogens is 254 g/mol. The molecule has 0 spiro atoms. The van der Waals surface area contributed by atoms with Gasteiger partial charge in [0.05, 0.1) is 13.7 Å². The Labute approximate surface area is 108 Å². The maximum absolute atomic E-state index is 12.4. The van der Waals surface area contributed by atoms with Gasteiger partial charge in [-0.25, -0.2) is 8.42 Å². The van der Waals surface area contributed by atoms with E-state index in [0.29, 0.717) is 12.3 Å². The highest BCUT2D eigenvalue weighted by atomic mass is 32.2. The summed E-state index contributed by atoms with van der Waals surface area (Å²) in [6.45, 7) is 3.73. The molecule has 0 aliphatic heterocycles. The average molecular weight is 273 g/mol. The highest BCUT2D eigenvalue weighted by molar-refractivity contribution is 7.89. The molecule has 0 fully saturated rings. The average Bonchev–Trinajstić information content (AvgIpc) is 2.35. The molecule has 0 aliphatic carbocycles. The van der Waals surface area contributed by atoms with Gasteiger partial charge < -0.3 is 9.84 Å². The van der Waals surface area contributed by atoms with Crippen molar-refractivity contribution in [3.8, 4) is 5.75 Å². The molecule has 1 N–H and O–H groups in total. The molecule has 0 saturated carbocycles. The van der Waals surface area contributed by atoms with E-state index in [4.69, 9.17) is 9.84 Å². The van der Waals surface area contributed by atoms with Crippen LogP contribution in [-0.2, 0) is 10.0 Å². The van der Waals surface area contributed by atoms with E-state index in [1.807, 2.05) is 6.92 Å². The summed E-state index contributed by atoms with van der Waals surface area (Å²) >= 11 is 0. The third-order valence-corrected chi connectivity index (χ3v) is 4.63. The van der Waals surface area contributed by atoms with E-state index in [9.17, 15) is 8.42 Å². The second-order valence-corrected chi connectivity index (χ2v) is 5.78. The normalized spacial score (nSPS) is 11.8. The molecule has 18 heavy (non-hydrogen) atoms. The zero-order valence-electron chi connectivity index (χ0n) is 10.9. The summed E-state index contributed by atoms with van der Waals surface area (Å²) in [6.07, 6.45) is 0. The van der Waals surface area contributed by atoms with E-state index in [1.165, 1.54) is 11.4 Å². The number of aliphatic hydroxyl groups excluding tert-OH is 1. The van der Waals surface area contributed by atoms with Crippen LogP contribution in [0.2, 0.25) is 0 Å². The molecule has 1 rings (SSSR count). The van der Waals surface area contributed by atoms with Gasteiger partial charge in [-0.1, -0.05) is 13.0 Å². The van der Waals surface area contributed by atoms with Gasteiger partial charge in [-0.15, -0.1) is 0 Å². The number of likely N-dealkylation sites (N-methyl/N-ethyl adjacent to an activating group) is 1. The van der Waals surface area contributed by atoms with Gasteiger partial charge in [0.1, 0.15) is 10.6 Å². The Kier molecular flexibility index (Phi) is 5.13. The first-order valence-electron chi connectivity index (χ1n) is 5.73. The Morgan fingerprint density at radius 2 is 2.06 bits per heavy atom. The summed E-state index contributed by atoms with van der Waals surface area (Å²) in [5, 5.41) is 8.92. The predicted octanol–water partition coefficient (Wildman–Crippen LogP) is 1.01. The van der Waals surface area contributed by atoms with Crippen LogP contribution >= 0.6 is 0 Å². The number of aryl methyl sites for hydroxylation is 1. The number of hydrogen-bond acceptors (Lipinski definition) is 4. The largest absolute Gasteiger partial charge is 0.495 e. The number of methoxy groups -OCH3 is 1. The molecule has 1 aromatic carbocycles. The van der Waals surface area contributed by atoms with Gasteiger partial charge in [0, 0.05) is 13.1 Å². The topological polar surface area (TPSA) is 66.8 Å². The van der Waals surface area contributed by atoms with Crippen molar-refractivity contribution in [1.82, 2.24) is 4.31 Å². The highest BCUT2D eigenvalue weighted by Gasteiger charge is 2.26. The zero-order valence-corrected chi connectivity index (χ0v) is 11.7. The van der Waals surface area contributed by atoms with E-state index in [-0.39, 0.29) is 18.0 Å². The lowest BCUT2D eigenvalue weighted by atomic mass is 10.2. The number of sulfonamides is 1. The molecule has 6 heteroatoms. The number of ether oxygens (including phenoxy) is 1. The maximum atomic E-state index is 12.4. The van der Waals surface area contributed by atoms with Crippen molar-refractivity contribution < 1.29 is 18.3 Å². The van der Waals surface area contributed by atoms with Gasteiger partial charge in [0.25, 0.3) is 0 Å². The van der Waals surface area contributed by atoms with Crippen LogP contribution in [0.1, 0.15) is 12.5 Å². The van der Waals surface area contributed by atoms with E-state index in [1.54, 1.807) is 25.1 Å². The highest BCUT2D eigenvalue weighted by Crippen LogP contribution is 2.27.